The minimum absolute atomic E-state index is 0.615. The van der Waals surface area contributed by atoms with E-state index in [1.165, 1.54) is 6.21 Å². The van der Waals surface area contributed by atoms with Gasteiger partial charge in [-0.05, 0) is 30.2 Å². The molecule has 0 spiro atoms. The summed E-state index contributed by atoms with van der Waals surface area (Å²) in [6.45, 7) is 5.81. The van der Waals surface area contributed by atoms with Gasteiger partial charge in [0.2, 0.25) is 0 Å². The van der Waals surface area contributed by atoms with Gasteiger partial charge >= 0.3 is 0 Å². The molecule has 0 saturated carbocycles. The van der Waals surface area contributed by atoms with Crippen LogP contribution in [0.4, 0.5) is 0 Å². The predicted molar refractivity (Wildman–Crippen MR) is 76.1 cm³/mol. The topological polar surface area (TPSA) is 48.4 Å². The Bertz CT molecular complexity index is 620. The smallest absolute Gasteiger partial charge is 0.0480 e. The Balaban J connectivity index is 2.38. The molecule has 1 aromatic carbocycles. The number of hydrogen-bond donors (Lipinski definition) is 2. The summed E-state index contributed by atoms with van der Waals surface area (Å²) in [5, 5.41) is 12.7. The van der Waals surface area contributed by atoms with Gasteiger partial charge in [0.05, 0.1) is 0 Å². The fraction of sp³-hybridized carbons (Fsp3) is 0.133. The molecule has 2 rings (SSSR count). The van der Waals surface area contributed by atoms with Crippen molar-refractivity contribution in [2.24, 2.45) is 5.16 Å². The zero-order valence-electron chi connectivity index (χ0n) is 10.4. The van der Waals surface area contributed by atoms with E-state index >= 15 is 0 Å². The van der Waals surface area contributed by atoms with Gasteiger partial charge in [-0.3, -0.25) is 0 Å². The SMILES string of the molecule is C=C(C)/C=C/c1ccc2[nH]cc(C/C=N/O)c2c1. The van der Waals surface area contributed by atoms with E-state index in [-0.39, 0.29) is 0 Å². The summed E-state index contributed by atoms with van der Waals surface area (Å²) < 4.78 is 0. The Hall–Kier alpha value is -2.29. The maximum atomic E-state index is 8.48. The van der Waals surface area contributed by atoms with Gasteiger partial charge in [0, 0.05) is 29.7 Å². The highest BCUT2D eigenvalue weighted by Crippen LogP contribution is 2.21. The zero-order chi connectivity index (χ0) is 13.0. The van der Waals surface area contributed by atoms with Crippen LogP contribution < -0.4 is 0 Å². The van der Waals surface area contributed by atoms with Crippen LogP contribution in [0, 0.1) is 0 Å². The molecule has 0 saturated heterocycles. The molecule has 0 fully saturated rings. The van der Waals surface area contributed by atoms with Crippen molar-refractivity contribution in [3.8, 4) is 0 Å². The second-order valence-corrected chi connectivity index (χ2v) is 4.30. The van der Waals surface area contributed by atoms with Gasteiger partial charge in [0.25, 0.3) is 0 Å². The first-order valence-electron chi connectivity index (χ1n) is 5.80. The lowest BCUT2D eigenvalue weighted by molar-refractivity contribution is 0.321. The van der Waals surface area contributed by atoms with E-state index in [2.05, 4.69) is 28.9 Å². The normalized spacial score (nSPS) is 11.8. The first kappa shape index (κ1) is 12.2. The predicted octanol–water partition coefficient (Wildman–Crippen LogP) is 3.76. The van der Waals surface area contributed by atoms with Crippen LogP contribution in [-0.4, -0.2) is 16.4 Å². The van der Waals surface area contributed by atoms with Gasteiger partial charge < -0.3 is 10.2 Å². The van der Waals surface area contributed by atoms with Gasteiger partial charge in [-0.25, -0.2) is 0 Å². The van der Waals surface area contributed by atoms with Crippen LogP contribution in [0.2, 0.25) is 0 Å². The number of aromatic amines is 1. The van der Waals surface area contributed by atoms with Gasteiger partial charge in [0.15, 0.2) is 0 Å². The molecule has 2 N–H and O–H groups in total. The van der Waals surface area contributed by atoms with E-state index < -0.39 is 0 Å². The van der Waals surface area contributed by atoms with Crippen LogP contribution in [0.1, 0.15) is 18.1 Å². The number of allylic oxidation sites excluding steroid dienone is 2. The van der Waals surface area contributed by atoms with Crippen LogP contribution in [0.25, 0.3) is 17.0 Å². The summed E-state index contributed by atoms with van der Waals surface area (Å²) in [6.07, 6.45) is 8.07. The minimum atomic E-state index is 0.615. The monoisotopic (exact) mass is 240 g/mol. The molecule has 0 aliphatic rings. The number of fused-ring (bicyclic) bond motifs is 1. The highest BCUT2D eigenvalue weighted by Gasteiger charge is 2.02. The van der Waals surface area contributed by atoms with E-state index in [9.17, 15) is 0 Å². The number of oxime groups is 1. The van der Waals surface area contributed by atoms with Crippen LogP contribution in [0.15, 0.2) is 47.8 Å². The third-order valence-corrected chi connectivity index (χ3v) is 2.74. The molecule has 0 bridgehead atoms. The van der Waals surface area contributed by atoms with Crippen LogP contribution in [0.3, 0.4) is 0 Å². The summed E-state index contributed by atoms with van der Waals surface area (Å²) in [4.78, 5) is 3.20. The molecule has 0 atom stereocenters. The Morgan fingerprint density at radius 2 is 2.33 bits per heavy atom. The second-order valence-electron chi connectivity index (χ2n) is 4.30. The number of H-pyrrole nitrogens is 1. The largest absolute Gasteiger partial charge is 0.411 e. The second kappa shape index (κ2) is 5.36. The van der Waals surface area contributed by atoms with Crippen LogP contribution in [-0.2, 0) is 6.42 Å². The Morgan fingerprint density at radius 3 is 3.06 bits per heavy atom. The van der Waals surface area contributed by atoms with Crippen LogP contribution in [0.5, 0.6) is 0 Å². The molecular formula is C15H16N2O. The maximum absolute atomic E-state index is 8.48. The fourth-order valence-corrected chi connectivity index (χ4v) is 1.85. The van der Waals surface area contributed by atoms with Crippen molar-refractivity contribution >= 4 is 23.2 Å². The fourth-order valence-electron chi connectivity index (χ4n) is 1.85. The van der Waals surface area contributed by atoms with Gasteiger partial charge in [-0.2, -0.15) is 0 Å². The lowest BCUT2D eigenvalue weighted by atomic mass is 10.1. The number of nitrogens with zero attached hydrogens (tertiary/aromatic N) is 1. The van der Waals surface area contributed by atoms with Gasteiger partial charge in [0.1, 0.15) is 0 Å². The Kier molecular flexibility index (Phi) is 3.63. The summed E-state index contributed by atoms with van der Waals surface area (Å²) in [6, 6.07) is 6.22. The minimum Gasteiger partial charge on any atom is -0.411 e. The number of nitrogens with one attached hydrogen (secondary N) is 1. The highest BCUT2D eigenvalue weighted by molar-refractivity contribution is 5.87. The number of rotatable bonds is 4. The standard InChI is InChI=1S/C15H16N2O/c1-11(2)3-4-12-5-6-15-14(9-12)13(10-16-15)7-8-17-18/h3-6,8-10,16,18H,1,7H2,2H3/b4-3+,17-8+. The van der Waals surface area contributed by atoms with Crippen molar-refractivity contribution in [1.82, 2.24) is 4.98 Å². The first-order valence-corrected chi connectivity index (χ1v) is 5.80. The molecule has 3 heteroatoms. The summed E-state index contributed by atoms with van der Waals surface area (Å²) in [5.74, 6) is 0. The lowest BCUT2D eigenvalue weighted by Gasteiger charge is -1.97. The molecular weight excluding hydrogens is 224 g/mol. The third kappa shape index (κ3) is 2.69. The molecule has 92 valence electrons. The molecule has 0 radical (unpaired) electrons. The van der Waals surface area contributed by atoms with Crippen molar-refractivity contribution in [2.45, 2.75) is 13.3 Å². The Labute approximate surface area is 106 Å². The van der Waals surface area contributed by atoms with Crippen molar-refractivity contribution in [3.05, 3.63) is 53.8 Å². The lowest BCUT2D eigenvalue weighted by Crippen LogP contribution is -1.84. The average molecular weight is 240 g/mol. The number of hydrogen-bond acceptors (Lipinski definition) is 2. The van der Waals surface area contributed by atoms with Crippen molar-refractivity contribution in [3.63, 3.8) is 0 Å². The van der Waals surface area contributed by atoms with Crippen molar-refractivity contribution < 1.29 is 5.21 Å². The Morgan fingerprint density at radius 1 is 1.50 bits per heavy atom. The van der Waals surface area contributed by atoms with Crippen molar-refractivity contribution in [1.29, 1.82) is 0 Å². The first-order chi connectivity index (χ1) is 8.70. The summed E-state index contributed by atoms with van der Waals surface area (Å²) >= 11 is 0. The molecule has 0 aliphatic heterocycles. The number of aromatic nitrogens is 1. The van der Waals surface area contributed by atoms with Gasteiger partial charge in [-0.1, -0.05) is 30.4 Å². The van der Waals surface area contributed by atoms with Crippen molar-refractivity contribution in [2.75, 3.05) is 0 Å². The highest BCUT2D eigenvalue weighted by atomic mass is 16.4. The van der Waals surface area contributed by atoms with E-state index in [1.54, 1.807) is 0 Å². The third-order valence-electron chi connectivity index (χ3n) is 2.74. The quantitative estimate of drug-likeness (QED) is 0.363. The zero-order valence-corrected chi connectivity index (χ0v) is 10.4. The number of benzene rings is 1. The van der Waals surface area contributed by atoms with E-state index in [0.29, 0.717) is 6.42 Å². The van der Waals surface area contributed by atoms with Crippen LogP contribution >= 0.6 is 0 Å². The summed E-state index contributed by atoms with van der Waals surface area (Å²) in [7, 11) is 0. The van der Waals surface area contributed by atoms with Gasteiger partial charge in [-0.15, -0.1) is 5.16 Å². The molecule has 1 aromatic heterocycles. The molecule has 0 unspecified atom stereocenters. The molecule has 0 amide bonds. The van der Waals surface area contributed by atoms with E-state index in [4.69, 9.17) is 5.21 Å². The molecule has 3 nitrogen and oxygen atoms in total. The molecule has 0 aliphatic carbocycles. The van der Waals surface area contributed by atoms with E-state index in [1.807, 2.05) is 31.3 Å². The molecule has 18 heavy (non-hydrogen) atoms. The maximum Gasteiger partial charge on any atom is 0.0480 e. The van der Waals surface area contributed by atoms with E-state index in [0.717, 1.165) is 27.6 Å². The summed E-state index contributed by atoms with van der Waals surface area (Å²) in [5.41, 5.74) is 4.36. The molecule has 2 aromatic rings. The molecule has 1 heterocycles. The average Bonchev–Trinajstić information content (AvgIpc) is 2.76.